The van der Waals surface area contributed by atoms with Crippen molar-refractivity contribution in [3.8, 4) is 0 Å². The van der Waals surface area contributed by atoms with Crippen molar-refractivity contribution in [2.24, 2.45) is 11.8 Å². The molecule has 0 rings (SSSR count). The van der Waals surface area contributed by atoms with Crippen molar-refractivity contribution in [3.05, 3.63) is 23.8 Å². The maximum Gasteiger partial charge on any atom is -0.0222 e. The van der Waals surface area contributed by atoms with Gasteiger partial charge >= 0.3 is 0 Å². The summed E-state index contributed by atoms with van der Waals surface area (Å²) in [5, 5.41) is 0. The van der Waals surface area contributed by atoms with Crippen LogP contribution in [-0.2, 0) is 0 Å². The first-order chi connectivity index (χ1) is 7.57. The van der Waals surface area contributed by atoms with E-state index in [2.05, 4.69) is 52.8 Å². The maximum atomic E-state index is 2.38. The molecule has 0 bridgehead atoms. The zero-order chi connectivity index (χ0) is 12.4. The molecule has 0 aliphatic heterocycles. The molecule has 0 heterocycles. The standard InChI is InChI=1S/C16H30/c1-6-7-8-9-10-11-12-16(15(4)5)13-14(2)3/h11-15H,6-10H2,1-5H3/b12-11+,16-13-. The zero-order valence-corrected chi connectivity index (χ0v) is 11.9. The highest BCUT2D eigenvalue weighted by Gasteiger charge is 1.99. The summed E-state index contributed by atoms with van der Waals surface area (Å²) in [5.41, 5.74) is 1.49. The Labute approximate surface area is 103 Å². The summed E-state index contributed by atoms with van der Waals surface area (Å²) in [4.78, 5) is 0. The van der Waals surface area contributed by atoms with Crippen molar-refractivity contribution in [2.75, 3.05) is 0 Å². The van der Waals surface area contributed by atoms with Crippen LogP contribution in [0.3, 0.4) is 0 Å². The van der Waals surface area contributed by atoms with Gasteiger partial charge in [-0.1, -0.05) is 72.1 Å². The molecule has 0 N–H and O–H groups in total. The molecule has 0 radical (unpaired) electrons. The number of hydrogen-bond acceptors (Lipinski definition) is 0. The highest BCUT2D eigenvalue weighted by Crippen LogP contribution is 2.15. The summed E-state index contributed by atoms with van der Waals surface area (Å²) in [6.45, 7) is 11.3. The van der Waals surface area contributed by atoms with Crippen molar-refractivity contribution in [3.63, 3.8) is 0 Å². The van der Waals surface area contributed by atoms with Crippen molar-refractivity contribution in [1.82, 2.24) is 0 Å². The van der Waals surface area contributed by atoms with Gasteiger partial charge in [0.15, 0.2) is 0 Å². The van der Waals surface area contributed by atoms with Crippen LogP contribution in [0, 0.1) is 11.8 Å². The van der Waals surface area contributed by atoms with E-state index in [1.807, 2.05) is 0 Å². The first kappa shape index (κ1) is 15.5. The molecule has 94 valence electrons. The monoisotopic (exact) mass is 222 g/mol. The Morgan fingerprint density at radius 3 is 2.19 bits per heavy atom. The molecular weight excluding hydrogens is 192 g/mol. The van der Waals surface area contributed by atoms with E-state index in [4.69, 9.17) is 0 Å². The fraction of sp³-hybridized carbons (Fsp3) is 0.750. The number of unbranched alkanes of at least 4 members (excludes halogenated alkanes) is 4. The molecule has 0 nitrogen and oxygen atoms in total. The molecular formula is C16H30. The van der Waals surface area contributed by atoms with Crippen molar-refractivity contribution in [1.29, 1.82) is 0 Å². The highest BCUT2D eigenvalue weighted by molar-refractivity contribution is 5.21. The third kappa shape index (κ3) is 8.76. The normalized spacial score (nSPS) is 13.3. The van der Waals surface area contributed by atoms with Gasteiger partial charge in [0, 0.05) is 0 Å². The maximum absolute atomic E-state index is 2.38. The molecule has 0 saturated heterocycles. The molecule has 0 aliphatic carbocycles. The summed E-state index contributed by atoms with van der Waals surface area (Å²) in [7, 11) is 0. The lowest BCUT2D eigenvalue weighted by Crippen LogP contribution is -1.93. The fourth-order valence-corrected chi connectivity index (χ4v) is 1.73. The highest BCUT2D eigenvalue weighted by atomic mass is 14.1. The average Bonchev–Trinajstić information content (AvgIpc) is 2.20. The molecule has 0 unspecified atom stereocenters. The van der Waals surface area contributed by atoms with Gasteiger partial charge in [-0.2, -0.15) is 0 Å². The first-order valence-electron chi connectivity index (χ1n) is 6.96. The topological polar surface area (TPSA) is 0 Å². The van der Waals surface area contributed by atoms with Gasteiger partial charge in [0.25, 0.3) is 0 Å². The molecule has 0 amide bonds. The van der Waals surface area contributed by atoms with Gasteiger partial charge in [0.2, 0.25) is 0 Å². The summed E-state index contributed by atoms with van der Waals surface area (Å²) in [6.07, 6.45) is 13.7. The number of rotatable bonds is 8. The Balaban J connectivity index is 3.96. The lowest BCUT2D eigenvalue weighted by Gasteiger charge is -2.08. The van der Waals surface area contributed by atoms with E-state index < -0.39 is 0 Å². The fourth-order valence-electron chi connectivity index (χ4n) is 1.73. The van der Waals surface area contributed by atoms with Crippen LogP contribution in [-0.4, -0.2) is 0 Å². The van der Waals surface area contributed by atoms with E-state index in [9.17, 15) is 0 Å². The van der Waals surface area contributed by atoms with Gasteiger partial charge in [-0.15, -0.1) is 0 Å². The number of hydrogen-bond donors (Lipinski definition) is 0. The minimum Gasteiger partial charge on any atom is -0.0843 e. The van der Waals surface area contributed by atoms with Crippen molar-refractivity contribution >= 4 is 0 Å². The van der Waals surface area contributed by atoms with Crippen LogP contribution in [0.1, 0.15) is 66.7 Å². The minimum atomic E-state index is 0.647. The van der Waals surface area contributed by atoms with Crippen molar-refractivity contribution < 1.29 is 0 Å². The van der Waals surface area contributed by atoms with E-state index in [1.165, 1.54) is 37.7 Å². The van der Waals surface area contributed by atoms with Crippen LogP contribution in [0.4, 0.5) is 0 Å². The lowest BCUT2D eigenvalue weighted by atomic mass is 9.98. The zero-order valence-electron chi connectivity index (χ0n) is 11.9. The Bertz CT molecular complexity index is 206. The Morgan fingerprint density at radius 2 is 1.69 bits per heavy atom. The van der Waals surface area contributed by atoms with Gasteiger partial charge < -0.3 is 0 Å². The van der Waals surface area contributed by atoms with Gasteiger partial charge in [0.05, 0.1) is 0 Å². The third-order valence-electron chi connectivity index (χ3n) is 2.73. The van der Waals surface area contributed by atoms with Crippen LogP contribution in [0.25, 0.3) is 0 Å². The molecule has 0 atom stereocenters. The third-order valence-corrected chi connectivity index (χ3v) is 2.73. The molecule has 0 fully saturated rings. The van der Waals surface area contributed by atoms with E-state index in [0.29, 0.717) is 11.8 Å². The second-order valence-electron chi connectivity index (χ2n) is 5.32. The largest absolute Gasteiger partial charge is 0.0843 e. The first-order valence-corrected chi connectivity index (χ1v) is 6.96. The van der Waals surface area contributed by atoms with Crippen molar-refractivity contribution in [2.45, 2.75) is 66.7 Å². The van der Waals surface area contributed by atoms with E-state index in [-0.39, 0.29) is 0 Å². The quantitative estimate of drug-likeness (QED) is 0.362. The minimum absolute atomic E-state index is 0.647. The number of allylic oxidation sites excluding steroid dienone is 4. The van der Waals surface area contributed by atoms with Gasteiger partial charge in [-0.05, 0) is 30.3 Å². The smallest absolute Gasteiger partial charge is 0.0222 e. The van der Waals surface area contributed by atoms with Gasteiger partial charge in [-0.25, -0.2) is 0 Å². The summed E-state index contributed by atoms with van der Waals surface area (Å²) < 4.78 is 0. The van der Waals surface area contributed by atoms with Gasteiger partial charge in [-0.3, -0.25) is 0 Å². The van der Waals surface area contributed by atoms with E-state index >= 15 is 0 Å². The predicted octanol–water partition coefficient (Wildman–Crippen LogP) is 5.75. The SMILES string of the molecule is CCCCCC/C=C/C(=C/C(C)C)C(C)C. The lowest BCUT2D eigenvalue weighted by molar-refractivity contribution is 0.673. The molecule has 0 aromatic rings. The molecule has 0 aromatic heterocycles. The van der Waals surface area contributed by atoms with Crippen LogP contribution in [0.2, 0.25) is 0 Å². The van der Waals surface area contributed by atoms with E-state index in [1.54, 1.807) is 0 Å². The Morgan fingerprint density at radius 1 is 1.00 bits per heavy atom. The van der Waals surface area contributed by atoms with Gasteiger partial charge in [0.1, 0.15) is 0 Å². The Kier molecular flexibility index (Phi) is 9.37. The van der Waals surface area contributed by atoms with Crippen LogP contribution in [0.5, 0.6) is 0 Å². The molecule has 0 saturated carbocycles. The molecule has 0 spiro atoms. The van der Waals surface area contributed by atoms with Crippen LogP contribution < -0.4 is 0 Å². The van der Waals surface area contributed by atoms with Crippen LogP contribution >= 0.6 is 0 Å². The second kappa shape index (κ2) is 9.69. The molecule has 0 aromatic carbocycles. The van der Waals surface area contributed by atoms with E-state index in [0.717, 1.165) is 0 Å². The Hall–Kier alpha value is -0.520. The molecule has 16 heavy (non-hydrogen) atoms. The molecule has 0 aliphatic rings. The predicted molar refractivity (Wildman–Crippen MR) is 75.7 cm³/mol. The second-order valence-corrected chi connectivity index (χ2v) is 5.32. The summed E-state index contributed by atoms with van der Waals surface area (Å²) in [5.74, 6) is 1.30. The van der Waals surface area contributed by atoms with Crippen LogP contribution in [0.15, 0.2) is 23.8 Å². The average molecular weight is 222 g/mol. The summed E-state index contributed by atoms with van der Waals surface area (Å²) in [6, 6.07) is 0. The molecule has 0 heteroatoms. The summed E-state index contributed by atoms with van der Waals surface area (Å²) >= 11 is 0.